The number of hydrogen-bond acceptors (Lipinski definition) is 5. The number of anilines is 1. The molecule has 164 valence electrons. The Kier molecular flexibility index (Phi) is 5.18. The molecular weight excluding hydrogens is 428 g/mol. The number of hydrogen-bond donors (Lipinski definition) is 0. The Hall–Kier alpha value is -3.25. The highest BCUT2D eigenvalue weighted by atomic mass is 35.5. The van der Waals surface area contributed by atoms with Crippen LogP contribution in [0.25, 0.3) is 21.9 Å². The maximum atomic E-state index is 13.0. The molecule has 3 heterocycles. The van der Waals surface area contributed by atoms with Crippen LogP contribution in [0.2, 0.25) is 5.02 Å². The zero-order valence-corrected chi connectivity index (χ0v) is 18.7. The molecule has 0 N–H and O–H groups in total. The van der Waals surface area contributed by atoms with Gasteiger partial charge in [-0.3, -0.25) is 4.79 Å². The molecule has 0 bridgehead atoms. The molecule has 0 radical (unpaired) electrons. The van der Waals surface area contributed by atoms with Crippen molar-refractivity contribution in [3.63, 3.8) is 0 Å². The lowest BCUT2D eigenvalue weighted by Gasteiger charge is -2.36. The third-order valence-corrected chi connectivity index (χ3v) is 6.58. The summed E-state index contributed by atoms with van der Waals surface area (Å²) in [5.41, 5.74) is 4.00. The fourth-order valence-corrected chi connectivity index (χ4v) is 4.50. The molecule has 0 aliphatic carbocycles. The molecule has 1 aliphatic heterocycles. The predicted octanol–water partition coefficient (Wildman–Crippen LogP) is 4.70. The monoisotopic (exact) mass is 450 g/mol. The average molecular weight is 451 g/mol. The molecule has 2 aromatic heterocycles. The lowest BCUT2D eigenvalue weighted by atomic mass is 10.0. The zero-order chi connectivity index (χ0) is 22.4. The summed E-state index contributed by atoms with van der Waals surface area (Å²) in [6.45, 7) is 6.52. The Morgan fingerprint density at radius 1 is 1.00 bits per heavy atom. The van der Waals surface area contributed by atoms with Crippen LogP contribution < -0.4 is 10.5 Å². The van der Waals surface area contributed by atoms with Crippen molar-refractivity contribution in [3.05, 3.63) is 74.8 Å². The minimum absolute atomic E-state index is 0.0352. The van der Waals surface area contributed by atoms with Crippen LogP contribution in [0.1, 0.15) is 16.7 Å². The number of rotatable bonds is 3. The van der Waals surface area contributed by atoms with Gasteiger partial charge in [0, 0.05) is 53.7 Å². The summed E-state index contributed by atoms with van der Waals surface area (Å²) in [5.74, 6) is -0.0592. The van der Waals surface area contributed by atoms with Crippen molar-refractivity contribution in [3.8, 4) is 0 Å². The Labute approximate surface area is 190 Å². The maximum absolute atomic E-state index is 13.0. The largest absolute Gasteiger partial charge is 0.464 e. The van der Waals surface area contributed by atoms with Crippen molar-refractivity contribution in [1.82, 2.24) is 4.90 Å². The van der Waals surface area contributed by atoms with Crippen LogP contribution in [-0.4, -0.2) is 37.0 Å². The molecule has 2 aromatic carbocycles. The summed E-state index contributed by atoms with van der Waals surface area (Å²) >= 11 is 5.98. The first-order chi connectivity index (χ1) is 15.4. The molecule has 1 amide bonds. The van der Waals surface area contributed by atoms with Gasteiger partial charge in [0.05, 0.1) is 18.2 Å². The van der Waals surface area contributed by atoms with Gasteiger partial charge in [-0.05, 0) is 55.3 Å². The van der Waals surface area contributed by atoms with Gasteiger partial charge in [0.2, 0.25) is 5.91 Å². The van der Waals surface area contributed by atoms with Crippen LogP contribution in [0, 0.1) is 13.8 Å². The van der Waals surface area contributed by atoms with Gasteiger partial charge in [0.1, 0.15) is 11.2 Å². The number of furan rings is 1. The molecule has 5 rings (SSSR count). The van der Waals surface area contributed by atoms with E-state index in [1.54, 1.807) is 12.3 Å². The fraction of sp³-hybridized carbons (Fsp3) is 0.280. The van der Waals surface area contributed by atoms with E-state index in [0.29, 0.717) is 34.8 Å². The summed E-state index contributed by atoms with van der Waals surface area (Å²) in [4.78, 5) is 29.8. The molecule has 0 saturated carbocycles. The molecule has 32 heavy (non-hydrogen) atoms. The number of aryl methyl sites for hydroxylation is 2. The molecule has 6 nitrogen and oxygen atoms in total. The summed E-state index contributed by atoms with van der Waals surface area (Å²) in [6, 6.07) is 11.4. The minimum Gasteiger partial charge on any atom is -0.464 e. The van der Waals surface area contributed by atoms with Gasteiger partial charge in [0.15, 0.2) is 0 Å². The van der Waals surface area contributed by atoms with Gasteiger partial charge >= 0.3 is 5.63 Å². The zero-order valence-electron chi connectivity index (χ0n) is 18.0. The molecule has 0 spiro atoms. The highest BCUT2D eigenvalue weighted by Crippen LogP contribution is 2.29. The van der Waals surface area contributed by atoms with E-state index in [9.17, 15) is 9.59 Å². The third kappa shape index (κ3) is 3.65. The first-order valence-electron chi connectivity index (χ1n) is 10.6. The predicted molar refractivity (Wildman–Crippen MR) is 126 cm³/mol. The van der Waals surface area contributed by atoms with Gasteiger partial charge < -0.3 is 18.6 Å². The Morgan fingerprint density at radius 2 is 1.72 bits per heavy atom. The van der Waals surface area contributed by atoms with E-state index in [-0.39, 0.29) is 12.3 Å². The maximum Gasteiger partial charge on any atom is 0.340 e. The van der Waals surface area contributed by atoms with Crippen molar-refractivity contribution < 1.29 is 13.6 Å². The summed E-state index contributed by atoms with van der Waals surface area (Å²) < 4.78 is 11.1. The standard InChI is InChI=1S/C25H23ClN2O4/c1-15-14-31-22-13-23-20(11-19(15)22)16(2)21(25(30)32-23)12-24(29)28-9-7-27(8-10-28)18-5-3-17(26)4-6-18/h3-6,11,13-14H,7-10,12H2,1-2H3. The van der Waals surface area contributed by atoms with Gasteiger partial charge in [0.25, 0.3) is 0 Å². The second-order valence-electron chi connectivity index (χ2n) is 8.28. The van der Waals surface area contributed by atoms with Crippen molar-refractivity contribution in [2.75, 3.05) is 31.1 Å². The van der Waals surface area contributed by atoms with Gasteiger partial charge in [-0.2, -0.15) is 0 Å². The van der Waals surface area contributed by atoms with Crippen LogP contribution in [0.3, 0.4) is 0 Å². The Morgan fingerprint density at radius 3 is 2.44 bits per heavy atom. The van der Waals surface area contributed by atoms with E-state index >= 15 is 0 Å². The molecule has 1 aliphatic rings. The topological polar surface area (TPSA) is 66.9 Å². The smallest absolute Gasteiger partial charge is 0.340 e. The highest BCUT2D eigenvalue weighted by molar-refractivity contribution is 6.30. The summed E-state index contributed by atoms with van der Waals surface area (Å²) in [6.07, 6.45) is 1.72. The molecule has 4 aromatic rings. The van der Waals surface area contributed by atoms with Gasteiger partial charge in [-0.25, -0.2) is 4.79 Å². The second kappa shape index (κ2) is 8.02. The minimum atomic E-state index is -0.467. The molecule has 0 atom stereocenters. The number of nitrogens with zero attached hydrogens (tertiary/aromatic N) is 2. The van der Waals surface area contributed by atoms with Crippen LogP contribution in [0.15, 0.2) is 56.3 Å². The van der Waals surface area contributed by atoms with Gasteiger partial charge in [-0.1, -0.05) is 11.6 Å². The number of benzene rings is 2. The first-order valence-corrected chi connectivity index (χ1v) is 11.0. The number of carbonyl (C=O) groups excluding carboxylic acids is 1. The lowest BCUT2D eigenvalue weighted by molar-refractivity contribution is -0.130. The van der Waals surface area contributed by atoms with E-state index in [1.807, 2.05) is 49.1 Å². The number of amides is 1. The van der Waals surface area contributed by atoms with Crippen LogP contribution in [-0.2, 0) is 11.2 Å². The Balaban J connectivity index is 1.35. The molecule has 7 heteroatoms. The van der Waals surface area contributed by atoms with E-state index in [0.717, 1.165) is 40.7 Å². The normalized spacial score (nSPS) is 14.5. The van der Waals surface area contributed by atoms with Crippen LogP contribution in [0.5, 0.6) is 0 Å². The van der Waals surface area contributed by atoms with E-state index in [4.69, 9.17) is 20.4 Å². The number of piperazine rings is 1. The fourth-order valence-electron chi connectivity index (χ4n) is 4.37. The van der Waals surface area contributed by atoms with Crippen LogP contribution >= 0.6 is 11.6 Å². The Bertz CT molecular complexity index is 1380. The average Bonchev–Trinajstić information content (AvgIpc) is 3.15. The molecule has 1 fully saturated rings. The molecular formula is C25H23ClN2O4. The van der Waals surface area contributed by atoms with Gasteiger partial charge in [-0.15, -0.1) is 0 Å². The SMILES string of the molecule is Cc1coc2cc3oc(=O)c(CC(=O)N4CCN(c5ccc(Cl)cc5)CC4)c(C)c3cc12. The van der Waals surface area contributed by atoms with E-state index in [1.165, 1.54) is 0 Å². The number of fused-ring (bicyclic) bond motifs is 2. The number of halogens is 1. The molecule has 1 saturated heterocycles. The summed E-state index contributed by atoms with van der Waals surface area (Å²) in [5, 5.41) is 2.51. The van der Waals surface area contributed by atoms with Crippen molar-refractivity contribution >= 4 is 45.1 Å². The second-order valence-corrected chi connectivity index (χ2v) is 8.71. The van der Waals surface area contributed by atoms with E-state index in [2.05, 4.69) is 4.90 Å². The van der Waals surface area contributed by atoms with Crippen molar-refractivity contribution in [1.29, 1.82) is 0 Å². The third-order valence-electron chi connectivity index (χ3n) is 6.33. The van der Waals surface area contributed by atoms with Crippen LogP contribution in [0.4, 0.5) is 5.69 Å². The van der Waals surface area contributed by atoms with Crippen molar-refractivity contribution in [2.24, 2.45) is 0 Å². The first kappa shape index (κ1) is 20.6. The molecule has 0 unspecified atom stereocenters. The number of carbonyl (C=O) groups is 1. The lowest BCUT2D eigenvalue weighted by Crippen LogP contribution is -2.49. The summed E-state index contributed by atoms with van der Waals surface area (Å²) in [7, 11) is 0. The highest BCUT2D eigenvalue weighted by Gasteiger charge is 2.24. The quantitative estimate of drug-likeness (QED) is 0.423. The van der Waals surface area contributed by atoms with Crippen molar-refractivity contribution in [2.45, 2.75) is 20.3 Å². The van der Waals surface area contributed by atoms with E-state index < -0.39 is 5.63 Å².